The van der Waals surface area contributed by atoms with Crippen LogP contribution in [-0.4, -0.2) is 8.42 Å². The largest absolute Gasteiger partial charge is 0.216 e. The lowest BCUT2D eigenvalue weighted by atomic mass is 10.1. The predicted molar refractivity (Wildman–Crippen MR) is 86.4 cm³/mol. The summed E-state index contributed by atoms with van der Waals surface area (Å²) >= 11 is 0. The molecule has 0 radical (unpaired) electrons. The van der Waals surface area contributed by atoms with Crippen LogP contribution in [0.15, 0.2) is 54.6 Å². The zero-order valence-electron chi connectivity index (χ0n) is 12.4. The first-order valence-corrected chi connectivity index (χ1v) is 8.76. The number of hydrogen-bond donors (Lipinski definition) is 1. The molecule has 0 saturated carbocycles. The Balaban J connectivity index is 2.15. The highest BCUT2D eigenvalue weighted by Gasteiger charge is 2.19. The second-order valence-corrected chi connectivity index (χ2v) is 6.93. The summed E-state index contributed by atoms with van der Waals surface area (Å²) in [6.45, 7) is 3.91. The summed E-state index contributed by atoms with van der Waals surface area (Å²) in [4.78, 5) is 0. The van der Waals surface area contributed by atoms with Crippen LogP contribution in [0.2, 0.25) is 0 Å². The molecule has 4 heteroatoms. The van der Waals surface area contributed by atoms with Crippen molar-refractivity contribution in [3.8, 4) is 0 Å². The van der Waals surface area contributed by atoms with Crippen LogP contribution >= 0.6 is 0 Å². The highest BCUT2D eigenvalue weighted by Crippen LogP contribution is 2.19. The summed E-state index contributed by atoms with van der Waals surface area (Å²) in [7, 11) is -3.37. The van der Waals surface area contributed by atoms with Crippen molar-refractivity contribution in [1.29, 1.82) is 0 Å². The smallest absolute Gasteiger partial charge is 0.212 e. The van der Waals surface area contributed by atoms with Gasteiger partial charge in [0.15, 0.2) is 0 Å². The van der Waals surface area contributed by atoms with Crippen molar-refractivity contribution in [1.82, 2.24) is 4.72 Å². The lowest BCUT2D eigenvalue weighted by Gasteiger charge is -2.18. The second kappa shape index (κ2) is 6.87. The van der Waals surface area contributed by atoms with E-state index in [2.05, 4.69) is 4.72 Å². The van der Waals surface area contributed by atoms with Gasteiger partial charge >= 0.3 is 0 Å². The highest BCUT2D eigenvalue weighted by molar-refractivity contribution is 7.88. The van der Waals surface area contributed by atoms with Crippen LogP contribution in [0.3, 0.4) is 0 Å². The summed E-state index contributed by atoms with van der Waals surface area (Å²) in [6.07, 6.45) is 0.719. The average Bonchev–Trinajstić information content (AvgIpc) is 2.48. The fourth-order valence-electron chi connectivity index (χ4n) is 2.31. The first kappa shape index (κ1) is 15.7. The third-order valence-electron chi connectivity index (χ3n) is 3.54. The molecular formula is C17H21NO2S. The van der Waals surface area contributed by atoms with Gasteiger partial charge < -0.3 is 0 Å². The number of benzene rings is 2. The Kier molecular flexibility index (Phi) is 5.15. The van der Waals surface area contributed by atoms with Crippen LogP contribution in [0.25, 0.3) is 0 Å². The predicted octanol–water partition coefficient (Wildman–Crippen LogP) is 3.57. The number of hydrogen-bond acceptors (Lipinski definition) is 2. The van der Waals surface area contributed by atoms with Gasteiger partial charge in [-0.1, -0.05) is 61.5 Å². The number of aryl methyl sites for hydroxylation is 1. The van der Waals surface area contributed by atoms with E-state index in [0.29, 0.717) is 0 Å². The molecule has 0 aromatic heterocycles. The minimum atomic E-state index is -3.37. The molecule has 0 aliphatic carbocycles. The highest BCUT2D eigenvalue weighted by atomic mass is 32.2. The van der Waals surface area contributed by atoms with Crippen molar-refractivity contribution in [3.63, 3.8) is 0 Å². The van der Waals surface area contributed by atoms with Crippen LogP contribution in [0.4, 0.5) is 0 Å². The normalized spacial score (nSPS) is 13.0. The summed E-state index contributed by atoms with van der Waals surface area (Å²) < 4.78 is 27.6. The zero-order chi connectivity index (χ0) is 15.3. The molecule has 1 atom stereocenters. The summed E-state index contributed by atoms with van der Waals surface area (Å²) in [5.74, 6) is 0.0169. The molecule has 2 aromatic rings. The third-order valence-corrected chi connectivity index (χ3v) is 4.87. The van der Waals surface area contributed by atoms with Crippen molar-refractivity contribution in [2.45, 2.75) is 32.1 Å². The summed E-state index contributed by atoms with van der Waals surface area (Å²) in [5.41, 5.74) is 2.83. The fraction of sp³-hybridized carbons (Fsp3) is 0.294. The van der Waals surface area contributed by atoms with Gasteiger partial charge in [0.05, 0.1) is 5.75 Å². The van der Waals surface area contributed by atoms with Crippen molar-refractivity contribution >= 4 is 10.0 Å². The van der Waals surface area contributed by atoms with Gasteiger partial charge in [-0.15, -0.1) is 0 Å². The Morgan fingerprint density at radius 2 is 1.62 bits per heavy atom. The molecular weight excluding hydrogens is 282 g/mol. The number of sulfonamides is 1. The number of rotatable bonds is 6. The Morgan fingerprint density at radius 3 is 2.24 bits per heavy atom. The second-order valence-electron chi connectivity index (χ2n) is 5.17. The molecule has 0 fully saturated rings. The van der Waals surface area contributed by atoms with E-state index in [9.17, 15) is 8.42 Å². The first-order chi connectivity index (χ1) is 10.0. The maximum absolute atomic E-state index is 12.4. The lowest BCUT2D eigenvalue weighted by Crippen LogP contribution is -2.29. The molecule has 0 heterocycles. The standard InChI is InChI=1S/C17H21NO2S/c1-3-17(15-10-5-4-6-11-15)18-21(19,20)13-16-12-8-7-9-14(16)2/h4-12,17-18H,3,13H2,1-2H3/t17-/m0/s1. The molecule has 0 aliphatic rings. The lowest BCUT2D eigenvalue weighted by molar-refractivity contribution is 0.549. The quantitative estimate of drug-likeness (QED) is 0.887. The maximum atomic E-state index is 12.4. The van der Waals surface area contributed by atoms with Gasteiger partial charge in [0, 0.05) is 6.04 Å². The van der Waals surface area contributed by atoms with E-state index >= 15 is 0 Å². The van der Waals surface area contributed by atoms with Gasteiger partial charge in [-0.3, -0.25) is 0 Å². The first-order valence-electron chi connectivity index (χ1n) is 7.11. The van der Waals surface area contributed by atoms with E-state index in [0.717, 1.165) is 23.1 Å². The molecule has 0 aliphatic heterocycles. The van der Waals surface area contributed by atoms with Crippen molar-refractivity contribution < 1.29 is 8.42 Å². The monoisotopic (exact) mass is 303 g/mol. The van der Waals surface area contributed by atoms with Gasteiger partial charge in [0.2, 0.25) is 10.0 Å². The van der Waals surface area contributed by atoms with Crippen LogP contribution in [0.5, 0.6) is 0 Å². The molecule has 0 spiro atoms. The van der Waals surface area contributed by atoms with E-state index in [4.69, 9.17) is 0 Å². The molecule has 2 rings (SSSR count). The molecule has 21 heavy (non-hydrogen) atoms. The Labute approximate surface area is 127 Å². The summed E-state index contributed by atoms with van der Waals surface area (Å²) in [6, 6.07) is 17.1. The van der Waals surface area contributed by atoms with Gasteiger partial charge in [0.1, 0.15) is 0 Å². The van der Waals surface area contributed by atoms with E-state index in [1.54, 1.807) is 0 Å². The van der Waals surface area contributed by atoms with Gasteiger partial charge in [0.25, 0.3) is 0 Å². The van der Waals surface area contributed by atoms with E-state index in [-0.39, 0.29) is 11.8 Å². The molecule has 1 N–H and O–H groups in total. The van der Waals surface area contributed by atoms with Crippen LogP contribution < -0.4 is 4.72 Å². The van der Waals surface area contributed by atoms with Crippen LogP contribution in [0, 0.1) is 6.92 Å². The van der Waals surface area contributed by atoms with Crippen molar-refractivity contribution in [3.05, 3.63) is 71.3 Å². The number of nitrogens with one attached hydrogen (secondary N) is 1. The minimum Gasteiger partial charge on any atom is -0.212 e. The summed E-state index contributed by atoms with van der Waals surface area (Å²) in [5, 5.41) is 0. The Hall–Kier alpha value is -1.65. The third kappa shape index (κ3) is 4.41. The van der Waals surface area contributed by atoms with E-state index in [1.165, 1.54) is 0 Å². The van der Waals surface area contributed by atoms with Crippen molar-refractivity contribution in [2.75, 3.05) is 0 Å². The van der Waals surface area contributed by atoms with Gasteiger partial charge in [-0.25, -0.2) is 13.1 Å². The average molecular weight is 303 g/mol. The maximum Gasteiger partial charge on any atom is 0.216 e. The fourth-order valence-corrected chi connectivity index (χ4v) is 3.86. The molecule has 2 aromatic carbocycles. The van der Waals surface area contributed by atoms with E-state index < -0.39 is 10.0 Å². The van der Waals surface area contributed by atoms with Gasteiger partial charge in [-0.05, 0) is 30.0 Å². The SMILES string of the molecule is CC[C@H](NS(=O)(=O)Cc1ccccc1C)c1ccccc1. The molecule has 3 nitrogen and oxygen atoms in total. The molecule has 0 amide bonds. The van der Waals surface area contributed by atoms with Crippen LogP contribution in [-0.2, 0) is 15.8 Å². The van der Waals surface area contributed by atoms with Crippen molar-refractivity contribution in [2.24, 2.45) is 0 Å². The molecule has 0 unspecified atom stereocenters. The topological polar surface area (TPSA) is 46.2 Å². The molecule has 112 valence electrons. The molecule has 0 bridgehead atoms. The minimum absolute atomic E-state index is 0.0169. The Bertz CT molecular complexity index is 681. The zero-order valence-corrected chi connectivity index (χ0v) is 13.2. The van der Waals surface area contributed by atoms with Gasteiger partial charge in [-0.2, -0.15) is 0 Å². The Morgan fingerprint density at radius 1 is 1.00 bits per heavy atom. The van der Waals surface area contributed by atoms with E-state index in [1.807, 2.05) is 68.4 Å². The van der Waals surface area contributed by atoms with Crippen LogP contribution in [0.1, 0.15) is 36.1 Å². The molecule has 0 saturated heterocycles.